The van der Waals surface area contributed by atoms with Crippen molar-refractivity contribution >= 4 is 34.8 Å². The summed E-state index contributed by atoms with van der Waals surface area (Å²) in [7, 11) is 0. The van der Waals surface area contributed by atoms with Crippen LogP contribution in [0.3, 0.4) is 0 Å². The molecule has 116 valence electrons. The van der Waals surface area contributed by atoms with Gasteiger partial charge in [-0.1, -0.05) is 29.8 Å². The van der Waals surface area contributed by atoms with Crippen LogP contribution in [0, 0.1) is 0 Å². The molecule has 2 aromatic rings. The second-order valence-electron chi connectivity index (χ2n) is 4.95. The van der Waals surface area contributed by atoms with Crippen molar-refractivity contribution in [1.29, 1.82) is 0 Å². The van der Waals surface area contributed by atoms with Crippen LogP contribution in [0.4, 0.5) is 0 Å². The van der Waals surface area contributed by atoms with E-state index in [4.69, 9.17) is 16.7 Å². The number of carbonyl (C=O) groups is 2. The number of carboxylic acids is 1. The monoisotopic (exact) mass is 337 g/mol. The van der Waals surface area contributed by atoms with Gasteiger partial charge in [0.15, 0.2) is 0 Å². The number of halogens is 1. The number of hydrogen-bond donors (Lipinski definition) is 2. The molecule has 1 amide bonds. The number of carboxylic acid groups (broad SMARTS) is 1. The zero-order valence-electron chi connectivity index (χ0n) is 12.0. The second-order valence-corrected chi connectivity index (χ2v) is 6.36. The minimum Gasteiger partial charge on any atom is -0.481 e. The van der Waals surface area contributed by atoms with Gasteiger partial charge in [-0.25, -0.2) is 0 Å². The lowest BCUT2D eigenvalue weighted by Crippen LogP contribution is -2.33. The second kappa shape index (κ2) is 7.42. The lowest BCUT2D eigenvalue weighted by atomic mass is 10.0. The lowest BCUT2D eigenvalue weighted by molar-refractivity contribution is -0.137. The van der Waals surface area contributed by atoms with E-state index < -0.39 is 12.0 Å². The number of benzene rings is 1. The standard InChI is InChI=1S/C16H16ClNO3S/c1-10(14-3-2-8-22-14)16(21)18-13(9-15(19)20)11-4-6-12(17)7-5-11/h2-8,10,13H,9H2,1H3,(H,18,21)(H,19,20)/t10?,13-/m0/s1. The first-order chi connectivity index (χ1) is 10.5. The maximum absolute atomic E-state index is 12.4. The van der Waals surface area contributed by atoms with Gasteiger partial charge in [-0.3, -0.25) is 9.59 Å². The predicted molar refractivity (Wildman–Crippen MR) is 87.3 cm³/mol. The van der Waals surface area contributed by atoms with Crippen LogP contribution in [0.15, 0.2) is 41.8 Å². The fourth-order valence-corrected chi connectivity index (χ4v) is 2.99. The van der Waals surface area contributed by atoms with Gasteiger partial charge in [-0.2, -0.15) is 0 Å². The molecule has 0 fully saturated rings. The summed E-state index contributed by atoms with van der Waals surface area (Å²) in [6.07, 6.45) is -0.176. The number of thiophene rings is 1. The summed E-state index contributed by atoms with van der Waals surface area (Å²) in [4.78, 5) is 24.4. The van der Waals surface area contributed by atoms with Crippen molar-refractivity contribution in [3.8, 4) is 0 Å². The number of amides is 1. The highest BCUT2D eigenvalue weighted by molar-refractivity contribution is 7.10. The van der Waals surface area contributed by atoms with Gasteiger partial charge in [0.05, 0.1) is 18.4 Å². The van der Waals surface area contributed by atoms with Gasteiger partial charge in [0.1, 0.15) is 0 Å². The average molecular weight is 338 g/mol. The van der Waals surface area contributed by atoms with E-state index in [1.165, 1.54) is 11.3 Å². The van der Waals surface area contributed by atoms with E-state index in [1.54, 1.807) is 31.2 Å². The first kappa shape index (κ1) is 16.5. The Labute approximate surface area is 137 Å². The third-order valence-electron chi connectivity index (χ3n) is 3.33. The predicted octanol–water partition coefficient (Wildman–Crippen LogP) is 3.84. The topological polar surface area (TPSA) is 66.4 Å². The van der Waals surface area contributed by atoms with Gasteiger partial charge < -0.3 is 10.4 Å². The molecular formula is C16H16ClNO3S. The summed E-state index contributed by atoms with van der Waals surface area (Å²) >= 11 is 7.35. The Morgan fingerprint density at radius 1 is 1.27 bits per heavy atom. The summed E-state index contributed by atoms with van der Waals surface area (Å²) in [5.74, 6) is -1.48. The molecule has 0 saturated carbocycles. The molecule has 2 atom stereocenters. The Hall–Kier alpha value is -1.85. The maximum Gasteiger partial charge on any atom is 0.305 e. The van der Waals surface area contributed by atoms with Crippen molar-refractivity contribution in [3.05, 3.63) is 57.2 Å². The molecule has 1 aromatic heterocycles. The Morgan fingerprint density at radius 3 is 2.50 bits per heavy atom. The van der Waals surface area contributed by atoms with Gasteiger partial charge in [-0.05, 0) is 36.1 Å². The number of hydrogen-bond acceptors (Lipinski definition) is 3. The SMILES string of the molecule is CC(C(=O)N[C@@H](CC(=O)O)c1ccc(Cl)cc1)c1cccs1. The van der Waals surface area contributed by atoms with Crippen molar-refractivity contribution in [3.63, 3.8) is 0 Å². The van der Waals surface area contributed by atoms with Gasteiger partial charge in [0, 0.05) is 9.90 Å². The molecule has 2 N–H and O–H groups in total. The molecule has 22 heavy (non-hydrogen) atoms. The molecule has 0 saturated heterocycles. The normalized spacial score (nSPS) is 13.4. The molecule has 0 aliphatic heterocycles. The summed E-state index contributed by atoms with van der Waals surface area (Å²) < 4.78 is 0. The molecule has 6 heteroatoms. The first-order valence-electron chi connectivity index (χ1n) is 6.78. The fraction of sp³-hybridized carbons (Fsp3) is 0.250. The zero-order chi connectivity index (χ0) is 16.1. The molecule has 0 aliphatic rings. The van der Waals surface area contributed by atoms with E-state index in [-0.39, 0.29) is 18.2 Å². The fourth-order valence-electron chi connectivity index (χ4n) is 2.09. The summed E-state index contributed by atoms with van der Waals surface area (Å²) in [6, 6.07) is 10.0. The van der Waals surface area contributed by atoms with Crippen molar-refractivity contribution in [2.45, 2.75) is 25.3 Å². The van der Waals surface area contributed by atoms with Crippen molar-refractivity contribution in [2.75, 3.05) is 0 Å². The van der Waals surface area contributed by atoms with Gasteiger partial charge in [0.2, 0.25) is 5.91 Å². The molecule has 2 rings (SSSR count). The Bertz CT molecular complexity index is 640. The maximum atomic E-state index is 12.4. The molecule has 0 radical (unpaired) electrons. The van der Waals surface area contributed by atoms with E-state index in [2.05, 4.69) is 5.32 Å². The minimum absolute atomic E-state index is 0.176. The molecule has 1 aromatic carbocycles. The van der Waals surface area contributed by atoms with Crippen LogP contribution in [-0.2, 0) is 9.59 Å². The highest BCUT2D eigenvalue weighted by Crippen LogP contribution is 2.24. The van der Waals surface area contributed by atoms with Crippen LogP contribution >= 0.6 is 22.9 Å². The van der Waals surface area contributed by atoms with Crippen LogP contribution in [0.5, 0.6) is 0 Å². The lowest BCUT2D eigenvalue weighted by Gasteiger charge is -2.20. The van der Waals surface area contributed by atoms with Crippen LogP contribution in [-0.4, -0.2) is 17.0 Å². The van der Waals surface area contributed by atoms with Crippen molar-refractivity contribution in [2.24, 2.45) is 0 Å². The molecule has 4 nitrogen and oxygen atoms in total. The van der Waals surface area contributed by atoms with E-state index in [9.17, 15) is 9.59 Å². The van der Waals surface area contributed by atoms with E-state index in [0.717, 1.165) is 10.4 Å². The largest absolute Gasteiger partial charge is 0.481 e. The number of aliphatic carboxylic acids is 1. The van der Waals surface area contributed by atoms with E-state index >= 15 is 0 Å². The summed E-state index contributed by atoms with van der Waals surface area (Å²) in [5, 5.41) is 14.4. The van der Waals surface area contributed by atoms with E-state index in [1.807, 2.05) is 17.5 Å². The molecule has 1 heterocycles. The average Bonchev–Trinajstić information content (AvgIpc) is 3.00. The van der Waals surface area contributed by atoms with Crippen molar-refractivity contribution in [1.82, 2.24) is 5.32 Å². The van der Waals surface area contributed by atoms with Gasteiger partial charge >= 0.3 is 5.97 Å². The highest BCUT2D eigenvalue weighted by Gasteiger charge is 2.22. The zero-order valence-corrected chi connectivity index (χ0v) is 13.5. The van der Waals surface area contributed by atoms with Crippen LogP contribution in [0.2, 0.25) is 5.02 Å². The highest BCUT2D eigenvalue weighted by atomic mass is 35.5. The van der Waals surface area contributed by atoms with Gasteiger partial charge in [0.25, 0.3) is 0 Å². The Balaban J connectivity index is 2.14. The first-order valence-corrected chi connectivity index (χ1v) is 8.04. The molecule has 0 aliphatic carbocycles. The number of rotatable bonds is 6. The third kappa shape index (κ3) is 4.32. The number of nitrogens with one attached hydrogen (secondary N) is 1. The molecule has 1 unspecified atom stereocenters. The van der Waals surface area contributed by atoms with E-state index in [0.29, 0.717) is 5.02 Å². The smallest absolute Gasteiger partial charge is 0.305 e. The van der Waals surface area contributed by atoms with Crippen molar-refractivity contribution < 1.29 is 14.7 Å². The van der Waals surface area contributed by atoms with Crippen LogP contribution in [0.1, 0.15) is 35.7 Å². The van der Waals surface area contributed by atoms with Crippen LogP contribution < -0.4 is 5.32 Å². The Morgan fingerprint density at radius 2 is 1.95 bits per heavy atom. The number of carbonyl (C=O) groups excluding carboxylic acids is 1. The third-order valence-corrected chi connectivity index (χ3v) is 4.64. The Kier molecular flexibility index (Phi) is 5.57. The summed E-state index contributed by atoms with van der Waals surface area (Å²) in [6.45, 7) is 1.81. The minimum atomic E-state index is -0.968. The molecule has 0 spiro atoms. The van der Waals surface area contributed by atoms with Gasteiger partial charge in [-0.15, -0.1) is 11.3 Å². The quantitative estimate of drug-likeness (QED) is 0.841. The van der Waals surface area contributed by atoms with Crippen LogP contribution in [0.25, 0.3) is 0 Å². The molecular weight excluding hydrogens is 322 g/mol. The molecule has 0 bridgehead atoms. The summed E-state index contributed by atoms with van der Waals surface area (Å²) in [5.41, 5.74) is 0.721.